The third-order valence-corrected chi connectivity index (χ3v) is 18.4. The maximum atomic E-state index is 14.2. The molecule has 3 heterocycles. The van der Waals surface area contributed by atoms with Crippen LogP contribution >= 0.6 is 0 Å². The molecule has 2 saturated heterocycles. The summed E-state index contributed by atoms with van der Waals surface area (Å²) in [5.74, 6) is -6.68. The number of allylic oxidation sites excluding steroid dienone is 12. The summed E-state index contributed by atoms with van der Waals surface area (Å²) in [7, 11) is 3.75. The van der Waals surface area contributed by atoms with Gasteiger partial charge < -0.3 is 95.6 Å². The molecule has 2 bridgehead atoms. The van der Waals surface area contributed by atoms with E-state index in [9.17, 15) is 70.2 Å². The van der Waals surface area contributed by atoms with Crippen molar-refractivity contribution in [2.75, 3.05) is 33.8 Å². The van der Waals surface area contributed by atoms with Crippen molar-refractivity contribution < 1.29 is 93.9 Å². The summed E-state index contributed by atoms with van der Waals surface area (Å²) >= 11 is 0. The number of fused-ring (bicyclic) bond motifs is 5. The number of rotatable bonds is 13. The Balaban J connectivity index is 1.07. The van der Waals surface area contributed by atoms with E-state index < -0.39 is 152 Å². The van der Waals surface area contributed by atoms with Gasteiger partial charge in [0.2, 0.25) is 5.91 Å². The maximum Gasteiger partial charge on any atom is 0.407 e. The number of alkyl carbamates (subject to hydrolysis) is 1. The first-order valence-corrected chi connectivity index (χ1v) is 33.9. The molecule has 3 aromatic rings. The van der Waals surface area contributed by atoms with Crippen LogP contribution in [0, 0.1) is 17.8 Å². The predicted molar refractivity (Wildman–Crippen MR) is 367 cm³/mol. The molecule has 3 aromatic carbocycles. The second kappa shape index (κ2) is 38.5. The van der Waals surface area contributed by atoms with Gasteiger partial charge in [-0.05, 0) is 107 Å². The second-order valence-electron chi connectivity index (χ2n) is 26.5. The number of carbonyl (C=O) groups is 4. The molecule has 0 radical (unpaired) electrons. The van der Waals surface area contributed by atoms with Gasteiger partial charge in [0.1, 0.15) is 24.9 Å². The Hall–Kier alpha value is -7.04. The normalized spacial score (nSPS) is 34.4. The Morgan fingerprint density at radius 2 is 1.21 bits per heavy atom. The summed E-state index contributed by atoms with van der Waals surface area (Å²) in [6.07, 6.45) is 2.65. The lowest BCUT2D eigenvalue weighted by atomic mass is 9.82. The minimum atomic E-state index is -2.39. The van der Waals surface area contributed by atoms with Crippen LogP contribution in [0.3, 0.4) is 0 Å². The molecule has 3 amide bonds. The van der Waals surface area contributed by atoms with E-state index in [4.69, 9.17) is 23.7 Å². The zero-order valence-corrected chi connectivity index (χ0v) is 56.8. The number of amides is 3. The first kappa shape index (κ1) is 78.3. The van der Waals surface area contributed by atoms with E-state index in [2.05, 4.69) is 28.1 Å². The molecule has 4 aliphatic rings. The highest BCUT2D eigenvalue weighted by Crippen LogP contribution is 2.45. The van der Waals surface area contributed by atoms with Gasteiger partial charge in [0, 0.05) is 55.7 Å². The van der Waals surface area contributed by atoms with E-state index in [0.717, 1.165) is 22.3 Å². The van der Waals surface area contributed by atoms with Crippen LogP contribution in [0.15, 0.2) is 158 Å². The van der Waals surface area contributed by atoms with Crippen LogP contribution < -0.4 is 16.0 Å². The Morgan fingerprint density at radius 1 is 0.633 bits per heavy atom. The van der Waals surface area contributed by atoms with Crippen LogP contribution in [-0.2, 0) is 39.8 Å². The van der Waals surface area contributed by atoms with Crippen LogP contribution in [0.25, 0.3) is 11.1 Å². The van der Waals surface area contributed by atoms with Gasteiger partial charge in [0.15, 0.2) is 12.1 Å². The van der Waals surface area contributed by atoms with Crippen LogP contribution in [0.1, 0.15) is 118 Å². The average molecular weight is 1360 g/mol. The minimum Gasteiger partial charge on any atom is -0.462 e. The monoisotopic (exact) mass is 1360 g/mol. The van der Waals surface area contributed by atoms with Crippen LogP contribution in [0.2, 0.25) is 0 Å². The highest BCUT2D eigenvalue weighted by Gasteiger charge is 2.51. The largest absolute Gasteiger partial charge is 0.462 e. The van der Waals surface area contributed by atoms with Crippen molar-refractivity contribution in [3.05, 3.63) is 180 Å². The zero-order valence-electron chi connectivity index (χ0n) is 56.8. The van der Waals surface area contributed by atoms with Gasteiger partial charge in [-0.1, -0.05) is 160 Å². The predicted octanol–water partition coefficient (Wildman–Crippen LogP) is 5.21. The van der Waals surface area contributed by atoms with Crippen LogP contribution in [0.4, 0.5) is 4.79 Å². The third-order valence-electron chi connectivity index (χ3n) is 18.4. The molecule has 3 aliphatic heterocycles. The van der Waals surface area contributed by atoms with E-state index in [1.807, 2.05) is 86.6 Å². The minimum absolute atomic E-state index is 0.0865. The number of benzene rings is 3. The summed E-state index contributed by atoms with van der Waals surface area (Å²) < 4.78 is 30.2. The molecule has 23 heteroatoms. The summed E-state index contributed by atoms with van der Waals surface area (Å²) in [6, 6.07) is 21.0. The molecule has 7 rings (SSSR count). The quantitative estimate of drug-likeness (QED) is 0.0772. The van der Waals surface area contributed by atoms with Crippen LogP contribution in [0.5, 0.6) is 0 Å². The zero-order chi connectivity index (χ0) is 71.1. The molecule has 0 unspecified atom stereocenters. The molecular formula is C75H102N4O19. The highest BCUT2D eigenvalue weighted by atomic mass is 16.7. The van der Waals surface area contributed by atoms with Crippen molar-refractivity contribution in [2.45, 2.75) is 195 Å². The first-order chi connectivity index (χ1) is 46.8. The number of nitrogens with zero attached hydrogens (tertiary/aromatic N) is 1. The van der Waals surface area contributed by atoms with Gasteiger partial charge in [-0.3, -0.25) is 14.4 Å². The molecule has 0 spiro atoms. The van der Waals surface area contributed by atoms with E-state index in [1.54, 1.807) is 86.7 Å². The van der Waals surface area contributed by atoms with E-state index >= 15 is 0 Å². The third kappa shape index (κ3) is 23.5. The number of aliphatic hydroxyl groups excluding tert-OH is 9. The molecule has 0 saturated carbocycles. The lowest BCUT2D eigenvalue weighted by molar-refractivity contribution is -0.309. The Morgan fingerprint density at radius 3 is 1.84 bits per heavy atom. The molecule has 23 nitrogen and oxygen atoms in total. The summed E-state index contributed by atoms with van der Waals surface area (Å²) in [5, 5.41) is 122. The van der Waals surface area contributed by atoms with Crippen molar-refractivity contribution in [3.8, 4) is 11.1 Å². The maximum absolute atomic E-state index is 14.2. The topological polar surface area (TPSA) is 356 Å². The van der Waals surface area contributed by atoms with Crippen molar-refractivity contribution in [2.24, 2.45) is 17.8 Å². The van der Waals surface area contributed by atoms with Crippen molar-refractivity contribution in [3.63, 3.8) is 0 Å². The standard InChI is InChI=1S/C75H102N4O19/c1-46-24-17-15-13-11-9-7-8-10-12-14-16-18-25-55(97-73-70(89)67(69(88)49(4)96-73)78-71(90)51-32-30-50(31-33-51)44-77-74(92)94-45-60-58-28-21-19-26-56(58)57-27-20-22-29-59(57)60)41-64-66(72(91)76-36-23-37-79(5)6)63(85)43-75(93,98-64)42-62(84)61(83)35-34-52(80)38-53(81)39-54(82)40-65(86)95-48(3)47(2)68(46)87/h7-22,24-33,46-49,52-55,60-64,66-70,73,80-85,87-89,93H,23,34-45H2,1-6H3,(H,76,91)(H,77,92)(H,78,90)/b8-7+,11-9+,12-10+,15-13+,16-14+,24-17+,25-18+/t46-,47-,48-,49+,52+,53+,54+,55-,61+,62+,63-,64-,66+,67-,68+,69+,70-,73-,75+/m0/s1. The molecule has 0 aromatic heterocycles. The molecular weight excluding hydrogens is 1260 g/mol. The molecule has 13 N–H and O–H groups in total. The number of nitrogens with one attached hydrogen (secondary N) is 3. The first-order valence-electron chi connectivity index (χ1n) is 33.9. The molecule has 2 fully saturated rings. The van der Waals surface area contributed by atoms with Crippen molar-refractivity contribution >= 4 is 23.9 Å². The van der Waals surface area contributed by atoms with Crippen LogP contribution in [-0.4, -0.2) is 211 Å². The number of carbonyl (C=O) groups excluding carboxylic acids is 4. The number of hydrogen-bond acceptors (Lipinski definition) is 20. The summed E-state index contributed by atoms with van der Waals surface area (Å²) in [5.41, 5.74) is 5.18. The number of ether oxygens (including phenoxy) is 5. The SMILES string of the molecule is C[C@@H]1[C@H](O)[C@@H](C)/C=C/C=C/C=C/C=C/C=C/C=C/C=C/[C@H](O[C@@H]2O[C@H](C)[C@@H](O)[C@H](NC(=O)c3ccc(CNC(=O)OCC4c5ccccc5-c5ccccc54)cc3)[C@@H]2O)C[C@@H]2O[C@](O)(C[C@@H](O)[C@H](O)CC[C@@H](O)C[C@@H](O)C[C@@H](O)CC(=O)O[C@H]1C)C[C@H](O)[C@H]2C(=O)NCCCN(C)C. The number of hydrogen-bond donors (Lipinski definition) is 13. The van der Waals surface area contributed by atoms with Gasteiger partial charge in [-0.15, -0.1) is 0 Å². The number of aliphatic hydroxyl groups is 10. The summed E-state index contributed by atoms with van der Waals surface area (Å²) in [4.78, 5) is 55.9. The van der Waals surface area contributed by atoms with Gasteiger partial charge in [-0.2, -0.15) is 0 Å². The lowest BCUT2D eigenvalue weighted by Crippen LogP contribution is -2.64. The fourth-order valence-corrected chi connectivity index (χ4v) is 12.7. The van der Waals surface area contributed by atoms with E-state index in [-0.39, 0.29) is 69.2 Å². The van der Waals surface area contributed by atoms with Crippen molar-refractivity contribution in [1.82, 2.24) is 20.9 Å². The lowest BCUT2D eigenvalue weighted by Gasteiger charge is -2.46. The molecule has 536 valence electrons. The van der Waals surface area contributed by atoms with Gasteiger partial charge in [0.05, 0.1) is 79.4 Å². The van der Waals surface area contributed by atoms with Gasteiger partial charge in [-0.25, -0.2) is 4.79 Å². The van der Waals surface area contributed by atoms with E-state index in [0.29, 0.717) is 18.5 Å². The molecule has 19 atom stereocenters. The molecule has 1 aliphatic carbocycles. The Labute approximate surface area is 574 Å². The smallest absolute Gasteiger partial charge is 0.407 e. The average Bonchev–Trinajstić information content (AvgIpc) is 1.65. The highest BCUT2D eigenvalue weighted by molar-refractivity contribution is 5.94. The molecule has 98 heavy (non-hydrogen) atoms. The fraction of sp³-hybridized carbons (Fsp3) is 0.520. The number of esters is 1. The van der Waals surface area contributed by atoms with E-state index in [1.165, 1.54) is 19.1 Å². The fourth-order valence-electron chi connectivity index (χ4n) is 12.7. The number of cyclic esters (lactones) is 1. The van der Waals surface area contributed by atoms with Gasteiger partial charge >= 0.3 is 12.1 Å². The Bertz CT molecular complexity index is 3200. The Kier molecular flexibility index (Phi) is 30.8. The second-order valence-corrected chi connectivity index (χ2v) is 26.5. The van der Waals surface area contributed by atoms with Gasteiger partial charge in [0.25, 0.3) is 5.91 Å². The summed E-state index contributed by atoms with van der Waals surface area (Å²) in [6.45, 7) is 7.80. The van der Waals surface area contributed by atoms with Crippen molar-refractivity contribution in [1.29, 1.82) is 0 Å².